The summed E-state index contributed by atoms with van der Waals surface area (Å²) in [7, 11) is 1.80. The van der Waals surface area contributed by atoms with Gasteiger partial charge in [0.2, 0.25) is 0 Å². The van der Waals surface area contributed by atoms with Crippen molar-refractivity contribution in [2.75, 3.05) is 0 Å². The zero-order chi connectivity index (χ0) is 13.1. The van der Waals surface area contributed by atoms with Gasteiger partial charge in [-0.05, 0) is 12.1 Å². The summed E-state index contributed by atoms with van der Waals surface area (Å²) in [4.78, 5) is 12.0. The summed E-state index contributed by atoms with van der Waals surface area (Å²) in [5.74, 6) is -0.194. The van der Waals surface area contributed by atoms with Crippen LogP contribution in [-0.4, -0.2) is 25.4 Å². The lowest BCUT2D eigenvalue weighted by Gasteiger charge is -2.05. The Labute approximate surface area is 103 Å². The minimum absolute atomic E-state index is 0.170. The molecule has 0 unspecified atom stereocenters. The molecule has 0 atom stereocenters. The van der Waals surface area contributed by atoms with Gasteiger partial charge in [0.05, 0.1) is 18.3 Å². The molecule has 0 aliphatic heterocycles. The Kier molecular flexibility index (Phi) is 3.13. The highest BCUT2D eigenvalue weighted by Crippen LogP contribution is 2.00. The number of nitrogens with zero attached hydrogens (tertiary/aromatic N) is 4. The first-order chi connectivity index (χ1) is 8.61. The van der Waals surface area contributed by atoms with E-state index in [1.54, 1.807) is 30.2 Å². The predicted molar refractivity (Wildman–Crippen MR) is 65.5 cm³/mol. The van der Waals surface area contributed by atoms with Crippen molar-refractivity contribution in [3.8, 4) is 0 Å². The third kappa shape index (κ3) is 2.24. The SMILES string of the molecule is Cn1cc(Cn2cccc(/C(N)=N/O)c2=O)cn1. The van der Waals surface area contributed by atoms with Gasteiger partial charge >= 0.3 is 0 Å². The van der Waals surface area contributed by atoms with E-state index in [0.717, 1.165) is 5.56 Å². The largest absolute Gasteiger partial charge is 0.409 e. The lowest BCUT2D eigenvalue weighted by atomic mass is 10.2. The van der Waals surface area contributed by atoms with Crippen LogP contribution in [0.2, 0.25) is 0 Å². The fourth-order valence-corrected chi connectivity index (χ4v) is 1.66. The first-order valence-electron chi connectivity index (χ1n) is 5.26. The number of pyridine rings is 1. The topological polar surface area (TPSA) is 98.4 Å². The molecule has 7 nitrogen and oxygen atoms in total. The van der Waals surface area contributed by atoms with Gasteiger partial charge in [0.15, 0.2) is 5.84 Å². The van der Waals surface area contributed by atoms with Crippen molar-refractivity contribution in [2.45, 2.75) is 6.54 Å². The maximum absolute atomic E-state index is 12.0. The zero-order valence-electron chi connectivity index (χ0n) is 9.82. The fourth-order valence-electron chi connectivity index (χ4n) is 1.66. The minimum atomic E-state index is -0.309. The molecule has 0 aromatic carbocycles. The van der Waals surface area contributed by atoms with Crippen LogP contribution in [0.1, 0.15) is 11.1 Å². The van der Waals surface area contributed by atoms with E-state index in [0.29, 0.717) is 6.54 Å². The molecular weight excluding hydrogens is 234 g/mol. The van der Waals surface area contributed by atoms with Gasteiger partial charge in [-0.25, -0.2) is 0 Å². The smallest absolute Gasteiger partial charge is 0.261 e. The first kappa shape index (κ1) is 11.9. The molecule has 0 aliphatic rings. The molecule has 0 spiro atoms. The average molecular weight is 247 g/mol. The van der Waals surface area contributed by atoms with E-state index >= 15 is 0 Å². The second kappa shape index (κ2) is 4.74. The summed E-state index contributed by atoms with van der Waals surface area (Å²) < 4.78 is 3.14. The van der Waals surface area contributed by atoms with E-state index in [2.05, 4.69) is 10.3 Å². The van der Waals surface area contributed by atoms with E-state index in [1.807, 2.05) is 6.20 Å². The van der Waals surface area contributed by atoms with E-state index < -0.39 is 0 Å². The Morgan fingerprint density at radius 1 is 1.61 bits per heavy atom. The summed E-state index contributed by atoms with van der Waals surface area (Å²) in [6.07, 6.45) is 5.15. The molecule has 3 N–H and O–H groups in total. The van der Waals surface area contributed by atoms with Gasteiger partial charge in [-0.3, -0.25) is 9.48 Å². The molecule has 94 valence electrons. The fraction of sp³-hybridized carbons (Fsp3) is 0.182. The Balaban J connectivity index is 2.38. The number of aromatic nitrogens is 3. The maximum atomic E-state index is 12.0. The van der Waals surface area contributed by atoms with Gasteiger partial charge in [0, 0.05) is 25.0 Å². The molecule has 2 heterocycles. The van der Waals surface area contributed by atoms with Crippen LogP contribution in [0, 0.1) is 0 Å². The minimum Gasteiger partial charge on any atom is -0.409 e. The van der Waals surface area contributed by atoms with Crippen LogP contribution in [0.5, 0.6) is 0 Å². The van der Waals surface area contributed by atoms with Crippen molar-refractivity contribution in [3.05, 3.63) is 52.2 Å². The summed E-state index contributed by atoms with van der Waals surface area (Å²) >= 11 is 0. The van der Waals surface area contributed by atoms with Crippen LogP contribution < -0.4 is 11.3 Å². The molecule has 0 radical (unpaired) electrons. The quantitative estimate of drug-likeness (QED) is 0.337. The van der Waals surface area contributed by atoms with Gasteiger partial charge in [0.1, 0.15) is 0 Å². The highest BCUT2D eigenvalue weighted by molar-refractivity contribution is 5.96. The molecule has 2 aromatic heterocycles. The van der Waals surface area contributed by atoms with Crippen molar-refractivity contribution in [3.63, 3.8) is 0 Å². The normalized spacial score (nSPS) is 11.7. The molecule has 2 aromatic rings. The summed E-state index contributed by atoms with van der Waals surface area (Å²) in [6.45, 7) is 0.388. The lowest BCUT2D eigenvalue weighted by molar-refractivity contribution is 0.318. The van der Waals surface area contributed by atoms with Gasteiger partial charge in [-0.2, -0.15) is 5.10 Å². The van der Waals surface area contributed by atoms with E-state index in [4.69, 9.17) is 10.9 Å². The third-order valence-corrected chi connectivity index (χ3v) is 2.52. The van der Waals surface area contributed by atoms with E-state index in [9.17, 15) is 4.79 Å². The third-order valence-electron chi connectivity index (χ3n) is 2.52. The summed E-state index contributed by atoms with van der Waals surface area (Å²) in [6, 6.07) is 3.18. The predicted octanol–water partition coefficient (Wildman–Crippen LogP) is -0.275. The number of amidine groups is 1. The Morgan fingerprint density at radius 3 is 3.00 bits per heavy atom. The molecule has 0 amide bonds. The van der Waals surface area contributed by atoms with Crippen molar-refractivity contribution >= 4 is 5.84 Å². The van der Waals surface area contributed by atoms with E-state index in [-0.39, 0.29) is 17.0 Å². The van der Waals surface area contributed by atoms with Gasteiger partial charge in [0.25, 0.3) is 5.56 Å². The van der Waals surface area contributed by atoms with Crippen LogP contribution in [-0.2, 0) is 13.6 Å². The molecule has 0 fully saturated rings. The second-order valence-corrected chi connectivity index (χ2v) is 3.86. The molecule has 2 rings (SSSR count). The van der Waals surface area contributed by atoms with E-state index in [1.165, 1.54) is 10.6 Å². The average Bonchev–Trinajstić information content (AvgIpc) is 2.76. The molecule has 0 bridgehead atoms. The second-order valence-electron chi connectivity index (χ2n) is 3.86. The van der Waals surface area contributed by atoms with Crippen molar-refractivity contribution < 1.29 is 5.21 Å². The number of rotatable bonds is 3. The first-order valence-corrected chi connectivity index (χ1v) is 5.26. The Bertz CT molecular complexity index is 641. The number of hydrogen-bond acceptors (Lipinski definition) is 4. The summed E-state index contributed by atoms with van der Waals surface area (Å²) in [5, 5.41) is 15.5. The van der Waals surface area contributed by atoms with Gasteiger partial charge < -0.3 is 15.5 Å². The molecule has 7 heteroatoms. The monoisotopic (exact) mass is 247 g/mol. The summed E-state index contributed by atoms with van der Waals surface area (Å²) in [5.41, 5.74) is 6.19. The maximum Gasteiger partial charge on any atom is 0.261 e. The van der Waals surface area contributed by atoms with Crippen LogP contribution in [0.25, 0.3) is 0 Å². The van der Waals surface area contributed by atoms with Crippen molar-refractivity contribution in [1.82, 2.24) is 14.3 Å². The molecule has 18 heavy (non-hydrogen) atoms. The van der Waals surface area contributed by atoms with Gasteiger partial charge in [-0.1, -0.05) is 5.16 Å². The molecule has 0 saturated heterocycles. The van der Waals surface area contributed by atoms with Crippen molar-refractivity contribution in [2.24, 2.45) is 17.9 Å². The highest BCUT2D eigenvalue weighted by atomic mass is 16.4. The van der Waals surface area contributed by atoms with Crippen LogP contribution in [0.3, 0.4) is 0 Å². The molecule has 0 saturated carbocycles. The lowest BCUT2D eigenvalue weighted by Crippen LogP contribution is -2.29. The van der Waals surface area contributed by atoms with Gasteiger partial charge in [-0.15, -0.1) is 0 Å². The number of aryl methyl sites for hydroxylation is 1. The van der Waals surface area contributed by atoms with Crippen LogP contribution >= 0.6 is 0 Å². The molecular formula is C11H13N5O2. The zero-order valence-corrected chi connectivity index (χ0v) is 9.82. The van der Waals surface area contributed by atoms with Crippen molar-refractivity contribution in [1.29, 1.82) is 0 Å². The number of hydrogen-bond donors (Lipinski definition) is 2. The van der Waals surface area contributed by atoms with Crippen LogP contribution in [0.15, 0.2) is 40.7 Å². The molecule has 0 aliphatic carbocycles. The van der Waals surface area contributed by atoms with Crippen LogP contribution in [0.4, 0.5) is 0 Å². The highest BCUT2D eigenvalue weighted by Gasteiger charge is 2.08. The Morgan fingerprint density at radius 2 is 2.39 bits per heavy atom. The number of oxime groups is 1. The Hall–Kier alpha value is -2.57. The number of nitrogens with two attached hydrogens (primary N) is 1. The standard InChI is InChI=1S/C11H13N5O2/c1-15-6-8(5-13-15)7-16-4-2-3-9(11(16)17)10(12)14-18/h2-6,18H,7H2,1H3,(H2,12,14).